The first-order valence-corrected chi connectivity index (χ1v) is 5.98. The highest BCUT2D eigenvalue weighted by molar-refractivity contribution is 5.81. The van der Waals surface area contributed by atoms with Crippen LogP contribution in [0.25, 0.3) is 0 Å². The summed E-state index contributed by atoms with van der Waals surface area (Å²) in [5.74, 6) is -4.58. The molecule has 0 bridgehead atoms. The smallest absolute Gasteiger partial charge is 0.319 e. The van der Waals surface area contributed by atoms with Crippen LogP contribution in [0.3, 0.4) is 0 Å². The van der Waals surface area contributed by atoms with Crippen LogP contribution < -0.4 is 10.6 Å². The lowest BCUT2D eigenvalue weighted by Crippen LogP contribution is -2.48. The minimum atomic E-state index is -4.11. The van der Waals surface area contributed by atoms with Crippen molar-refractivity contribution in [2.75, 3.05) is 13.1 Å². The van der Waals surface area contributed by atoms with Gasteiger partial charge in [0.1, 0.15) is 0 Å². The molecule has 18 heavy (non-hydrogen) atoms. The molecule has 0 radical (unpaired) electrons. The Hall–Kier alpha value is -0.850. The molecule has 1 atom stereocenters. The van der Waals surface area contributed by atoms with Gasteiger partial charge in [-0.2, -0.15) is 8.78 Å². The number of hydrogen-bond donors (Lipinski definition) is 2. The predicted molar refractivity (Wildman–Crippen MR) is 61.0 cm³/mol. The number of nitrogens with one attached hydrogen (secondary N) is 2. The Morgan fingerprint density at radius 3 is 2.39 bits per heavy atom. The quantitative estimate of drug-likeness (QED) is 0.499. The van der Waals surface area contributed by atoms with Gasteiger partial charge in [-0.3, -0.25) is 4.79 Å². The second-order valence-electron chi connectivity index (χ2n) is 4.16. The summed E-state index contributed by atoms with van der Waals surface area (Å²) in [4.78, 5) is 11.4. The number of hydrogen-bond acceptors (Lipinski definition) is 2. The molecular weight excluding hydrogens is 252 g/mol. The number of carbonyl (C=O) groups is 1. The standard InChI is InChI=1S/C11H20F4N2O/c1-3-4-5-6-16-9(18)8(2)17-7-11(14,15)10(12)13/h8,10,17H,3-7H2,1-2H3,(H,16,18). The zero-order valence-corrected chi connectivity index (χ0v) is 10.6. The van der Waals surface area contributed by atoms with Crippen molar-refractivity contribution in [2.45, 2.75) is 51.5 Å². The summed E-state index contributed by atoms with van der Waals surface area (Å²) in [6.45, 7) is 2.62. The number of unbranched alkanes of at least 4 members (excludes halogenated alkanes) is 2. The van der Waals surface area contributed by atoms with Crippen molar-refractivity contribution in [1.29, 1.82) is 0 Å². The average molecular weight is 272 g/mol. The van der Waals surface area contributed by atoms with Gasteiger partial charge < -0.3 is 10.6 Å². The first-order valence-electron chi connectivity index (χ1n) is 5.98. The summed E-state index contributed by atoms with van der Waals surface area (Å²) in [5, 5.41) is 4.65. The number of amides is 1. The molecule has 0 aromatic rings. The molecule has 0 fully saturated rings. The third kappa shape index (κ3) is 6.78. The molecule has 0 aromatic carbocycles. The van der Waals surface area contributed by atoms with Gasteiger partial charge in [-0.25, -0.2) is 8.78 Å². The largest absolute Gasteiger partial charge is 0.355 e. The number of carbonyl (C=O) groups excluding carboxylic acids is 1. The lowest BCUT2D eigenvalue weighted by atomic mass is 10.2. The fraction of sp³-hybridized carbons (Fsp3) is 0.909. The molecule has 108 valence electrons. The molecule has 0 aliphatic heterocycles. The lowest BCUT2D eigenvalue weighted by molar-refractivity contribution is -0.131. The maximum Gasteiger partial charge on any atom is 0.319 e. The van der Waals surface area contributed by atoms with Crippen LogP contribution in [0.4, 0.5) is 17.6 Å². The van der Waals surface area contributed by atoms with E-state index >= 15 is 0 Å². The Bertz CT molecular complexity index is 249. The molecule has 0 saturated carbocycles. The summed E-state index contributed by atoms with van der Waals surface area (Å²) < 4.78 is 48.9. The predicted octanol–water partition coefficient (Wildman–Crippen LogP) is 2.17. The molecule has 2 N–H and O–H groups in total. The topological polar surface area (TPSA) is 41.1 Å². The molecule has 0 saturated heterocycles. The monoisotopic (exact) mass is 272 g/mol. The van der Waals surface area contributed by atoms with Crippen LogP contribution in [0.5, 0.6) is 0 Å². The van der Waals surface area contributed by atoms with E-state index in [0.717, 1.165) is 19.3 Å². The third-order valence-corrected chi connectivity index (χ3v) is 2.44. The van der Waals surface area contributed by atoms with E-state index in [4.69, 9.17) is 0 Å². The van der Waals surface area contributed by atoms with E-state index in [1.807, 2.05) is 6.92 Å². The van der Waals surface area contributed by atoms with Crippen LogP contribution in [-0.4, -0.2) is 37.4 Å². The van der Waals surface area contributed by atoms with Crippen molar-refractivity contribution in [3.05, 3.63) is 0 Å². The fourth-order valence-corrected chi connectivity index (χ4v) is 1.20. The Balaban J connectivity index is 3.87. The average Bonchev–Trinajstić information content (AvgIpc) is 2.31. The molecule has 0 heterocycles. The van der Waals surface area contributed by atoms with Crippen LogP contribution in [0.2, 0.25) is 0 Å². The van der Waals surface area contributed by atoms with Crippen LogP contribution in [0, 0.1) is 0 Å². The van der Waals surface area contributed by atoms with E-state index < -0.39 is 30.8 Å². The molecular formula is C11H20F4N2O. The van der Waals surface area contributed by atoms with E-state index in [2.05, 4.69) is 10.6 Å². The fourth-order valence-electron chi connectivity index (χ4n) is 1.20. The zero-order chi connectivity index (χ0) is 14.2. The molecule has 3 nitrogen and oxygen atoms in total. The lowest BCUT2D eigenvalue weighted by Gasteiger charge is -2.19. The van der Waals surface area contributed by atoms with E-state index in [1.165, 1.54) is 6.92 Å². The van der Waals surface area contributed by atoms with Gasteiger partial charge in [0.15, 0.2) is 0 Å². The van der Waals surface area contributed by atoms with Crippen molar-refractivity contribution in [1.82, 2.24) is 10.6 Å². The zero-order valence-electron chi connectivity index (χ0n) is 10.6. The molecule has 0 aliphatic rings. The van der Waals surface area contributed by atoms with Gasteiger partial charge in [0.2, 0.25) is 5.91 Å². The Labute approximate surface area is 104 Å². The van der Waals surface area contributed by atoms with Gasteiger partial charge in [0, 0.05) is 6.54 Å². The van der Waals surface area contributed by atoms with E-state index in [9.17, 15) is 22.4 Å². The van der Waals surface area contributed by atoms with Gasteiger partial charge in [0.05, 0.1) is 12.6 Å². The third-order valence-electron chi connectivity index (χ3n) is 2.44. The highest BCUT2D eigenvalue weighted by Gasteiger charge is 2.40. The first-order chi connectivity index (χ1) is 8.31. The van der Waals surface area contributed by atoms with Crippen molar-refractivity contribution in [3.63, 3.8) is 0 Å². The van der Waals surface area contributed by atoms with E-state index in [-0.39, 0.29) is 0 Å². The minimum absolute atomic E-state index is 0.462. The molecule has 0 spiro atoms. The number of rotatable bonds is 9. The van der Waals surface area contributed by atoms with Crippen LogP contribution in [0.15, 0.2) is 0 Å². The van der Waals surface area contributed by atoms with Crippen molar-refractivity contribution < 1.29 is 22.4 Å². The van der Waals surface area contributed by atoms with Gasteiger partial charge >= 0.3 is 12.3 Å². The number of alkyl halides is 4. The highest BCUT2D eigenvalue weighted by Crippen LogP contribution is 2.21. The summed E-state index contributed by atoms with van der Waals surface area (Å²) >= 11 is 0. The van der Waals surface area contributed by atoms with Crippen LogP contribution in [0.1, 0.15) is 33.1 Å². The highest BCUT2D eigenvalue weighted by atomic mass is 19.3. The molecule has 0 aliphatic carbocycles. The molecule has 1 unspecified atom stereocenters. The minimum Gasteiger partial charge on any atom is -0.355 e. The second kappa shape index (κ2) is 8.29. The summed E-state index contributed by atoms with van der Waals surface area (Å²) in [6, 6.07) is -0.920. The summed E-state index contributed by atoms with van der Waals surface area (Å²) in [5.41, 5.74) is 0. The second-order valence-corrected chi connectivity index (χ2v) is 4.16. The Morgan fingerprint density at radius 1 is 1.28 bits per heavy atom. The number of halogens is 4. The maximum atomic E-state index is 12.6. The maximum absolute atomic E-state index is 12.6. The van der Waals surface area contributed by atoms with Gasteiger partial charge in [0.25, 0.3) is 0 Å². The van der Waals surface area contributed by atoms with E-state index in [1.54, 1.807) is 0 Å². The van der Waals surface area contributed by atoms with Crippen molar-refractivity contribution in [3.8, 4) is 0 Å². The Morgan fingerprint density at radius 2 is 1.89 bits per heavy atom. The molecule has 0 rings (SSSR count). The van der Waals surface area contributed by atoms with Crippen LogP contribution >= 0.6 is 0 Å². The summed E-state index contributed by atoms with van der Waals surface area (Å²) in [7, 11) is 0. The Kier molecular flexibility index (Phi) is 7.90. The molecule has 1 amide bonds. The molecule has 0 aromatic heterocycles. The molecule has 7 heteroatoms. The summed E-state index contributed by atoms with van der Waals surface area (Å²) in [6.07, 6.45) is -0.956. The van der Waals surface area contributed by atoms with Crippen molar-refractivity contribution >= 4 is 5.91 Å². The van der Waals surface area contributed by atoms with E-state index in [0.29, 0.717) is 6.54 Å². The van der Waals surface area contributed by atoms with Gasteiger partial charge in [-0.05, 0) is 13.3 Å². The van der Waals surface area contributed by atoms with Gasteiger partial charge in [-0.1, -0.05) is 19.8 Å². The van der Waals surface area contributed by atoms with Crippen LogP contribution in [-0.2, 0) is 4.79 Å². The van der Waals surface area contributed by atoms with Gasteiger partial charge in [-0.15, -0.1) is 0 Å². The van der Waals surface area contributed by atoms with Crippen molar-refractivity contribution in [2.24, 2.45) is 0 Å². The first kappa shape index (κ1) is 17.2. The normalized spacial score (nSPS) is 13.7. The SMILES string of the molecule is CCCCCNC(=O)C(C)NCC(F)(F)C(F)F.